The van der Waals surface area contributed by atoms with E-state index >= 15 is 0 Å². The van der Waals surface area contributed by atoms with Crippen molar-refractivity contribution < 1.29 is 13.5 Å². The van der Waals surface area contributed by atoms with Gasteiger partial charge in [-0.25, -0.2) is 8.78 Å². The van der Waals surface area contributed by atoms with Gasteiger partial charge in [0.15, 0.2) is 0 Å². The zero-order valence-electron chi connectivity index (χ0n) is 9.92. The zero-order chi connectivity index (χ0) is 11.9. The Morgan fingerprint density at radius 1 is 1.33 bits per heavy atom. The molecule has 1 aromatic carbocycles. The molecule has 2 nitrogen and oxygen atoms in total. The van der Waals surface area contributed by atoms with E-state index in [2.05, 4.69) is 5.32 Å². The summed E-state index contributed by atoms with van der Waals surface area (Å²) in [7, 11) is 0. The van der Waals surface area contributed by atoms with E-state index in [1.807, 2.05) is 18.2 Å². The van der Waals surface area contributed by atoms with Crippen molar-refractivity contribution >= 4 is 12.4 Å². The molecule has 0 radical (unpaired) electrons. The molecule has 3 rings (SSSR count). The summed E-state index contributed by atoms with van der Waals surface area (Å²) in [4.78, 5) is 0. The Labute approximate surface area is 111 Å². The molecular formula is C13H16ClF2NO. The topological polar surface area (TPSA) is 21.3 Å². The standard InChI is InChI=1S/C13H15F2NO.ClH/c14-13(15)6-11(13)8-17-12-2-1-10-7-16-4-3-9(10)5-12;/h1-2,5,11,16H,3-4,6-8H2;1H/t11-;/m0./s1. The molecule has 5 heteroatoms. The third-order valence-corrected chi connectivity index (χ3v) is 3.47. The van der Waals surface area contributed by atoms with Gasteiger partial charge in [0.1, 0.15) is 5.75 Å². The van der Waals surface area contributed by atoms with Crippen molar-refractivity contribution in [2.24, 2.45) is 5.92 Å². The third-order valence-electron chi connectivity index (χ3n) is 3.47. The Morgan fingerprint density at radius 3 is 2.83 bits per heavy atom. The summed E-state index contributed by atoms with van der Waals surface area (Å²) in [5, 5.41) is 3.29. The summed E-state index contributed by atoms with van der Waals surface area (Å²) >= 11 is 0. The quantitative estimate of drug-likeness (QED) is 0.916. The Hall–Kier alpha value is -0.870. The van der Waals surface area contributed by atoms with E-state index in [4.69, 9.17) is 4.74 Å². The van der Waals surface area contributed by atoms with Crippen LogP contribution in [0.3, 0.4) is 0 Å². The molecule has 0 aromatic heterocycles. The van der Waals surface area contributed by atoms with E-state index < -0.39 is 11.8 Å². The largest absolute Gasteiger partial charge is 0.493 e. The number of alkyl halides is 2. The molecule has 0 unspecified atom stereocenters. The molecule has 1 N–H and O–H groups in total. The first-order chi connectivity index (χ1) is 8.15. The van der Waals surface area contributed by atoms with Gasteiger partial charge in [0.25, 0.3) is 5.92 Å². The Morgan fingerprint density at radius 2 is 2.11 bits per heavy atom. The summed E-state index contributed by atoms with van der Waals surface area (Å²) in [5.41, 5.74) is 2.55. The first-order valence-corrected chi connectivity index (χ1v) is 5.98. The Bertz CT molecular complexity index is 439. The number of hydrogen-bond donors (Lipinski definition) is 1. The van der Waals surface area contributed by atoms with Crippen LogP contribution in [-0.2, 0) is 13.0 Å². The molecule has 1 fully saturated rings. The fourth-order valence-electron chi connectivity index (χ4n) is 2.19. The van der Waals surface area contributed by atoms with Gasteiger partial charge in [0.2, 0.25) is 0 Å². The summed E-state index contributed by atoms with van der Waals surface area (Å²) in [5.74, 6) is -2.36. The van der Waals surface area contributed by atoms with Gasteiger partial charge in [-0.05, 0) is 36.2 Å². The minimum Gasteiger partial charge on any atom is -0.493 e. The monoisotopic (exact) mass is 275 g/mol. The molecule has 0 amide bonds. The van der Waals surface area contributed by atoms with E-state index in [0.717, 1.165) is 19.5 Å². The number of ether oxygens (including phenoxy) is 1. The molecule has 18 heavy (non-hydrogen) atoms. The zero-order valence-corrected chi connectivity index (χ0v) is 10.7. The van der Waals surface area contributed by atoms with Crippen molar-refractivity contribution in [3.05, 3.63) is 29.3 Å². The maximum atomic E-state index is 12.7. The molecule has 0 spiro atoms. The lowest BCUT2D eigenvalue weighted by molar-refractivity contribution is 0.0856. The minimum atomic E-state index is -2.49. The molecule has 1 aliphatic carbocycles. The fourth-order valence-corrected chi connectivity index (χ4v) is 2.19. The van der Waals surface area contributed by atoms with Crippen LogP contribution in [0.15, 0.2) is 18.2 Å². The number of halogens is 3. The second-order valence-electron chi connectivity index (χ2n) is 4.83. The Balaban J connectivity index is 0.00000120. The average Bonchev–Trinajstić information content (AvgIpc) is 2.94. The lowest BCUT2D eigenvalue weighted by atomic mass is 10.0. The van der Waals surface area contributed by atoms with Crippen LogP contribution in [0, 0.1) is 5.92 Å². The molecule has 1 aromatic rings. The number of nitrogens with one attached hydrogen (secondary N) is 1. The van der Waals surface area contributed by atoms with Crippen LogP contribution in [0.4, 0.5) is 8.78 Å². The van der Waals surface area contributed by atoms with Gasteiger partial charge in [0, 0.05) is 13.0 Å². The first-order valence-electron chi connectivity index (χ1n) is 5.98. The summed E-state index contributed by atoms with van der Waals surface area (Å²) in [6.45, 7) is 1.98. The molecule has 100 valence electrons. The van der Waals surface area contributed by atoms with Crippen LogP contribution in [0.25, 0.3) is 0 Å². The number of hydrogen-bond acceptors (Lipinski definition) is 2. The highest BCUT2D eigenvalue weighted by Crippen LogP contribution is 2.48. The average molecular weight is 276 g/mol. The van der Waals surface area contributed by atoms with Gasteiger partial charge in [0.05, 0.1) is 12.5 Å². The van der Waals surface area contributed by atoms with Crippen molar-refractivity contribution in [3.8, 4) is 5.75 Å². The maximum Gasteiger partial charge on any atom is 0.255 e. The van der Waals surface area contributed by atoms with Crippen molar-refractivity contribution in [3.63, 3.8) is 0 Å². The molecule has 0 saturated heterocycles. The predicted octanol–water partition coefficient (Wildman–Crippen LogP) is 2.79. The number of benzene rings is 1. The maximum absolute atomic E-state index is 12.7. The van der Waals surface area contributed by atoms with E-state index in [1.165, 1.54) is 11.1 Å². The van der Waals surface area contributed by atoms with Crippen LogP contribution in [0.1, 0.15) is 17.5 Å². The number of rotatable bonds is 3. The highest BCUT2D eigenvalue weighted by molar-refractivity contribution is 5.85. The molecule has 2 aliphatic rings. The highest BCUT2D eigenvalue weighted by atomic mass is 35.5. The molecule has 1 saturated carbocycles. The molecule has 1 aliphatic heterocycles. The molecule has 1 heterocycles. The number of fused-ring (bicyclic) bond motifs is 1. The summed E-state index contributed by atoms with van der Waals surface area (Å²) < 4.78 is 30.8. The summed E-state index contributed by atoms with van der Waals surface area (Å²) in [6.07, 6.45) is 0.952. The lowest BCUT2D eigenvalue weighted by Crippen LogP contribution is -2.23. The van der Waals surface area contributed by atoms with Gasteiger partial charge in [-0.3, -0.25) is 0 Å². The van der Waals surface area contributed by atoms with Crippen LogP contribution >= 0.6 is 12.4 Å². The second kappa shape index (κ2) is 5.02. The lowest BCUT2D eigenvalue weighted by Gasteiger charge is -2.18. The summed E-state index contributed by atoms with van der Waals surface area (Å²) in [6, 6.07) is 5.87. The van der Waals surface area contributed by atoms with Crippen molar-refractivity contribution in [2.75, 3.05) is 13.2 Å². The first kappa shape index (κ1) is 13.6. The minimum absolute atomic E-state index is 0. The van der Waals surface area contributed by atoms with Crippen LogP contribution in [0.2, 0.25) is 0 Å². The highest BCUT2D eigenvalue weighted by Gasteiger charge is 2.57. The smallest absolute Gasteiger partial charge is 0.255 e. The van der Waals surface area contributed by atoms with Crippen molar-refractivity contribution in [1.82, 2.24) is 5.32 Å². The van der Waals surface area contributed by atoms with E-state index in [-0.39, 0.29) is 25.4 Å². The molecule has 0 bridgehead atoms. The predicted molar refractivity (Wildman–Crippen MR) is 67.6 cm³/mol. The second-order valence-corrected chi connectivity index (χ2v) is 4.83. The Kier molecular flexibility index (Phi) is 3.78. The van der Waals surface area contributed by atoms with Crippen molar-refractivity contribution in [2.45, 2.75) is 25.3 Å². The van der Waals surface area contributed by atoms with E-state index in [0.29, 0.717) is 5.75 Å². The van der Waals surface area contributed by atoms with Gasteiger partial charge in [-0.15, -0.1) is 12.4 Å². The SMILES string of the molecule is Cl.FC1(F)C[C@H]1COc1ccc2c(c1)CCNC2. The normalized spacial score (nSPS) is 23.8. The fraction of sp³-hybridized carbons (Fsp3) is 0.538. The van der Waals surface area contributed by atoms with Gasteiger partial charge in [-0.1, -0.05) is 6.07 Å². The van der Waals surface area contributed by atoms with Crippen molar-refractivity contribution in [1.29, 1.82) is 0 Å². The van der Waals surface area contributed by atoms with Crippen LogP contribution in [0.5, 0.6) is 5.75 Å². The van der Waals surface area contributed by atoms with Gasteiger partial charge in [-0.2, -0.15) is 0 Å². The van der Waals surface area contributed by atoms with E-state index in [1.54, 1.807) is 0 Å². The van der Waals surface area contributed by atoms with Crippen LogP contribution in [-0.4, -0.2) is 19.1 Å². The van der Waals surface area contributed by atoms with Crippen LogP contribution < -0.4 is 10.1 Å². The molecular weight excluding hydrogens is 260 g/mol. The van der Waals surface area contributed by atoms with Gasteiger partial charge < -0.3 is 10.1 Å². The third kappa shape index (κ3) is 2.75. The van der Waals surface area contributed by atoms with Gasteiger partial charge >= 0.3 is 0 Å². The molecule has 1 atom stereocenters. The van der Waals surface area contributed by atoms with E-state index in [9.17, 15) is 8.78 Å².